The van der Waals surface area contributed by atoms with Crippen LogP contribution in [0.5, 0.6) is 0 Å². The van der Waals surface area contributed by atoms with Gasteiger partial charge < -0.3 is 4.84 Å². The van der Waals surface area contributed by atoms with Crippen LogP contribution in [0.1, 0.15) is 25.1 Å². The van der Waals surface area contributed by atoms with E-state index < -0.39 is 5.60 Å². The van der Waals surface area contributed by atoms with Gasteiger partial charge in [0.2, 0.25) is 0 Å². The maximum absolute atomic E-state index is 5.89. The van der Waals surface area contributed by atoms with Crippen LogP contribution >= 0.6 is 34.2 Å². The second-order valence-electron chi connectivity index (χ2n) is 4.57. The lowest BCUT2D eigenvalue weighted by atomic mass is 9.99. The van der Waals surface area contributed by atoms with Crippen molar-refractivity contribution in [3.8, 4) is 0 Å². The van der Waals surface area contributed by atoms with Gasteiger partial charge >= 0.3 is 0 Å². The zero-order chi connectivity index (χ0) is 13.3. The molecule has 0 atom stereocenters. The highest BCUT2D eigenvalue weighted by atomic mass is 127. The van der Waals surface area contributed by atoms with Gasteiger partial charge in [-0.05, 0) is 61.1 Å². The smallest absolute Gasteiger partial charge is 0.157 e. The molecule has 0 spiro atoms. The molecule has 0 saturated heterocycles. The van der Waals surface area contributed by atoms with Crippen LogP contribution in [-0.4, -0.2) is 9.94 Å². The summed E-state index contributed by atoms with van der Waals surface area (Å²) in [5.74, 6) is 0. The summed E-state index contributed by atoms with van der Waals surface area (Å²) in [6.45, 7) is 5.96. The van der Waals surface area contributed by atoms with E-state index in [9.17, 15) is 0 Å². The van der Waals surface area contributed by atoms with Crippen LogP contribution in [-0.2, 0) is 5.60 Å². The molecule has 0 N–H and O–H groups in total. The van der Waals surface area contributed by atoms with Crippen molar-refractivity contribution < 1.29 is 4.84 Å². The number of benzene rings is 1. The molecule has 1 heterocycles. The molecule has 1 aromatic heterocycles. The molecule has 0 fully saturated rings. The number of aryl methyl sites for hydroxylation is 1. The zero-order valence-corrected chi connectivity index (χ0v) is 13.4. The Kier molecular flexibility index (Phi) is 3.87. The Morgan fingerprint density at radius 3 is 2.39 bits per heavy atom. The molecule has 0 radical (unpaired) electrons. The molecule has 2 aromatic rings. The third-order valence-electron chi connectivity index (χ3n) is 2.68. The Labute approximate surface area is 125 Å². The summed E-state index contributed by atoms with van der Waals surface area (Å²) >= 11 is 8.12. The molecular formula is C13H14ClIN2O. The molecule has 0 bridgehead atoms. The van der Waals surface area contributed by atoms with Gasteiger partial charge in [0.05, 0.1) is 15.5 Å². The van der Waals surface area contributed by atoms with Crippen molar-refractivity contribution in [2.75, 3.05) is 0 Å². The highest BCUT2D eigenvalue weighted by Gasteiger charge is 2.24. The summed E-state index contributed by atoms with van der Waals surface area (Å²) in [6, 6.07) is 7.65. The molecule has 1 aromatic carbocycles. The van der Waals surface area contributed by atoms with Crippen molar-refractivity contribution in [3.05, 3.63) is 50.3 Å². The number of halogens is 2. The first-order valence-corrected chi connectivity index (χ1v) is 7.01. The second kappa shape index (κ2) is 5.09. The molecule has 0 unspecified atom stereocenters. The van der Waals surface area contributed by atoms with Crippen LogP contribution in [0, 0.1) is 10.5 Å². The summed E-state index contributed by atoms with van der Waals surface area (Å²) in [4.78, 5) is 7.41. The molecule has 3 nitrogen and oxygen atoms in total. The van der Waals surface area contributed by atoms with Crippen molar-refractivity contribution >= 4 is 34.2 Å². The summed E-state index contributed by atoms with van der Waals surface area (Å²) in [5.41, 5.74) is 1.55. The van der Waals surface area contributed by atoms with Gasteiger partial charge in [-0.25, -0.2) is 0 Å². The van der Waals surface area contributed by atoms with Crippen LogP contribution < -0.4 is 4.84 Å². The highest BCUT2D eigenvalue weighted by Crippen LogP contribution is 2.23. The maximum atomic E-state index is 5.89. The fourth-order valence-corrected chi connectivity index (χ4v) is 2.07. The topological polar surface area (TPSA) is 27.1 Å². The zero-order valence-electron chi connectivity index (χ0n) is 10.4. The average molecular weight is 377 g/mol. The van der Waals surface area contributed by atoms with Crippen LogP contribution in [0.25, 0.3) is 0 Å². The third-order valence-corrected chi connectivity index (χ3v) is 3.99. The molecule has 18 heavy (non-hydrogen) atoms. The number of hydrogen-bond acceptors (Lipinski definition) is 2. The van der Waals surface area contributed by atoms with Crippen molar-refractivity contribution in [3.63, 3.8) is 0 Å². The van der Waals surface area contributed by atoms with Crippen molar-refractivity contribution in [2.45, 2.75) is 26.4 Å². The molecule has 0 aliphatic carbocycles. The quantitative estimate of drug-likeness (QED) is 0.762. The van der Waals surface area contributed by atoms with Gasteiger partial charge in [-0.15, -0.1) is 9.94 Å². The van der Waals surface area contributed by atoms with Gasteiger partial charge in [0, 0.05) is 5.02 Å². The number of aromatic nitrogens is 2. The lowest BCUT2D eigenvalue weighted by Gasteiger charge is -2.25. The minimum atomic E-state index is -0.466. The van der Waals surface area contributed by atoms with Gasteiger partial charge in [0.15, 0.2) is 5.60 Å². The molecule has 0 saturated carbocycles. The number of hydrogen-bond donors (Lipinski definition) is 0. The molecular weight excluding hydrogens is 363 g/mol. The van der Waals surface area contributed by atoms with E-state index in [0.717, 1.165) is 19.9 Å². The first kappa shape index (κ1) is 13.7. The predicted octanol–water partition coefficient (Wildman–Crippen LogP) is 3.81. The molecule has 0 aliphatic heterocycles. The Bertz CT molecular complexity index is 529. The van der Waals surface area contributed by atoms with E-state index in [-0.39, 0.29) is 0 Å². The van der Waals surface area contributed by atoms with Crippen LogP contribution in [0.3, 0.4) is 0 Å². The second-order valence-corrected chi connectivity index (χ2v) is 6.17. The summed E-state index contributed by atoms with van der Waals surface area (Å²) in [6.07, 6.45) is 1.87. The van der Waals surface area contributed by atoms with Gasteiger partial charge in [-0.1, -0.05) is 23.7 Å². The van der Waals surface area contributed by atoms with E-state index >= 15 is 0 Å². The van der Waals surface area contributed by atoms with Crippen LogP contribution in [0.15, 0.2) is 30.5 Å². The summed E-state index contributed by atoms with van der Waals surface area (Å²) < 4.78 is 1.08. The lowest BCUT2D eigenvalue weighted by molar-refractivity contribution is -0.0508. The third kappa shape index (κ3) is 2.98. The average Bonchev–Trinajstić information content (AvgIpc) is 2.57. The highest BCUT2D eigenvalue weighted by molar-refractivity contribution is 14.1. The van der Waals surface area contributed by atoms with E-state index in [1.807, 2.05) is 51.2 Å². The SMILES string of the molecule is Cc1nn(OC(C)(C)c2ccc(Cl)cc2)cc1I. The van der Waals surface area contributed by atoms with Crippen molar-refractivity contribution in [1.82, 2.24) is 9.94 Å². The fourth-order valence-electron chi connectivity index (χ4n) is 1.60. The first-order valence-electron chi connectivity index (χ1n) is 5.56. The molecule has 0 aliphatic rings. The molecule has 0 amide bonds. The Balaban J connectivity index is 2.23. The van der Waals surface area contributed by atoms with Gasteiger partial charge in [0.25, 0.3) is 0 Å². The minimum Gasteiger partial charge on any atom is -0.386 e. The molecule has 5 heteroatoms. The predicted molar refractivity (Wildman–Crippen MR) is 80.7 cm³/mol. The Hall–Kier alpha value is -0.750. The summed E-state index contributed by atoms with van der Waals surface area (Å²) in [7, 11) is 0. The van der Waals surface area contributed by atoms with E-state index in [1.54, 1.807) is 0 Å². The minimum absolute atomic E-state index is 0.466. The first-order chi connectivity index (χ1) is 8.38. The largest absolute Gasteiger partial charge is 0.386 e. The Morgan fingerprint density at radius 1 is 1.28 bits per heavy atom. The van der Waals surface area contributed by atoms with Crippen molar-refractivity contribution in [2.24, 2.45) is 0 Å². The normalized spacial score (nSPS) is 11.6. The standard InChI is InChI=1S/C13H14ClIN2O/c1-9-12(15)8-17(16-9)18-13(2,3)10-4-6-11(14)7-5-10/h4-8H,1-3H3. The Morgan fingerprint density at radius 2 is 1.89 bits per heavy atom. The van der Waals surface area contributed by atoms with Gasteiger partial charge in [-0.3, -0.25) is 0 Å². The van der Waals surface area contributed by atoms with E-state index in [0.29, 0.717) is 0 Å². The van der Waals surface area contributed by atoms with Crippen LogP contribution in [0.4, 0.5) is 0 Å². The monoisotopic (exact) mass is 376 g/mol. The lowest BCUT2D eigenvalue weighted by Crippen LogP contribution is -2.32. The van der Waals surface area contributed by atoms with E-state index in [4.69, 9.17) is 16.4 Å². The fraction of sp³-hybridized carbons (Fsp3) is 0.308. The summed E-state index contributed by atoms with van der Waals surface area (Å²) in [5, 5.41) is 5.02. The maximum Gasteiger partial charge on any atom is 0.157 e. The number of nitrogens with zero attached hydrogens (tertiary/aromatic N) is 2. The van der Waals surface area contributed by atoms with E-state index in [1.165, 1.54) is 4.85 Å². The number of rotatable bonds is 3. The molecule has 96 valence electrons. The van der Waals surface area contributed by atoms with Gasteiger partial charge in [0.1, 0.15) is 0 Å². The van der Waals surface area contributed by atoms with Gasteiger partial charge in [-0.2, -0.15) is 0 Å². The molecule has 2 rings (SSSR count). The van der Waals surface area contributed by atoms with Crippen molar-refractivity contribution in [1.29, 1.82) is 0 Å². The van der Waals surface area contributed by atoms with Crippen LogP contribution in [0.2, 0.25) is 5.02 Å². The van der Waals surface area contributed by atoms with E-state index in [2.05, 4.69) is 27.7 Å².